The second-order valence-corrected chi connectivity index (χ2v) is 3.80. The van der Waals surface area contributed by atoms with Gasteiger partial charge in [-0.25, -0.2) is 0 Å². The molecule has 1 radical (unpaired) electrons. The zero-order chi connectivity index (χ0) is 12.6. The first-order chi connectivity index (χ1) is 8.41. The first-order valence-corrected chi connectivity index (χ1v) is 6.52. The van der Waals surface area contributed by atoms with Gasteiger partial charge < -0.3 is 0 Å². The largest absolute Gasteiger partial charge is 0.0845 e. The molecule has 0 atom stereocenters. The van der Waals surface area contributed by atoms with E-state index in [1.165, 1.54) is 19.3 Å². The molecule has 0 saturated heterocycles. The molecule has 0 aromatic heterocycles. The van der Waals surface area contributed by atoms with E-state index in [1.54, 1.807) is 0 Å². The van der Waals surface area contributed by atoms with Crippen LogP contribution in [0.4, 0.5) is 0 Å². The normalized spacial score (nSPS) is 13.3. The van der Waals surface area contributed by atoms with Gasteiger partial charge in [0.05, 0.1) is 0 Å². The highest BCUT2D eigenvalue weighted by Gasteiger charge is 1.74. The van der Waals surface area contributed by atoms with Gasteiger partial charge in [0.25, 0.3) is 0 Å². The Balaban J connectivity index is 3.58. The first-order valence-electron chi connectivity index (χ1n) is 6.52. The van der Waals surface area contributed by atoms with Gasteiger partial charge in [0, 0.05) is 0 Å². The summed E-state index contributed by atoms with van der Waals surface area (Å²) in [5.41, 5.74) is 0. The average molecular weight is 229 g/mol. The van der Waals surface area contributed by atoms with Gasteiger partial charge in [-0.05, 0) is 19.3 Å². The molecule has 17 heavy (non-hydrogen) atoms. The fourth-order valence-corrected chi connectivity index (χ4v) is 1.17. The topological polar surface area (TPSA) is 0 Å². The number of hydrogen-bond donors (Lipinski definition) is 0. The standard InChI is InChI=1S/C17H25/c1-3-5-7-9-11-13-15-17-16-14-12-10-8-6-4-2/h7,9-17H,1,3-6,8H2,2H3/b9-7+,12-10+,13-11+,16-14+,17-15+. The third-order valence-electron chi connectivity index (χ3n) is 2.15. The lowest BCUT2D eigenvalue weighted by Gasteiger charge is -1.85. The lowest BCUT2D eigenvalue weighted by atomic mass is 10.2. The molecule has 0 amide bonds. The van der Waals surface area contributed by atoms with Gasteiger partial charge in [-0.3, -0.25) is 0 Å². The summed E-state index contributed by atoms with van der Waals surface area (Å²) >= 11 is 0. The smallest absolute Gasteiger partial charge is 0.0348 e. The molecular formula is C17H25. The van der Waals surface area contributed by atoms with Crippen molar-refractivity contribution in [2.75, 3.05) is 0 Å². The SMILES string of the molecule is [CH2]CC/C=C/C=C/C=C/C=C/C=C/CCCC. The summed E-state index contributed by atoms with van der Waals surface area (Å²) < 4.78 is 0. The molecule has 0 aliphatic carbocycles. The van der Waals surface area contributed by atoms with E-state index < -0.39 is 0 Å². The molecule has 0 nitrogen and oxygen atoms in total. The van der Waals surface area contributed by atoms with Crippen LogP contribution in [0.25, 0.3) is 0 Å². The van der Waals surface area contributed by atoms with Gasteiger partial charge in [0.2, 0.25) is 0 Å². The van der Waals surface area contributed by atoms with Crippen LogP contribution in [0, 0.1) is 6.92 Å². The highest BCUT2D eigenvalue weighted by Crippen LogP contribution is 1.95. The van der Waals surface area contributed by atoms with Crippen LogP contribution >= 0.6 is 0 Å². The van der Waals surface area contributed by atoms with E-state index in [4.69, 9.17) is 0 Å². The van der Waals surface area contributed by atoms with Crippen molar-refractivity contribution in [3.8, 4) is 0 Å². The Morgan fingerprint density at radius 3 is 1.65 bits per heavy atom. The molecule has 0 saturated carbocycles. The second-order valence-electron chi connectivity index (χ2n) is 3.80. The van der Waals surface area contributed by atoms with Gasteiger partial charge in [-0.15, -0.1) is 0 Å². The highest BCUT2D eigenvalue weighted by atomic mass is 13.8. The van der Waals surface area contributed by atoms with Crippen molar-refractivity contribution in [1.82, 2.24) is 0 Å². The maximum atomic E-state index is 3.78. The van der Waals surface area contributed by atoms with E-state index in [1.807, 2.05) is 30.4 Å². The number of unbranched alkanes of at least 4 members (excludes halogenated alkanes) is 3. The van der Waals surface area contributed by atoms with Crippen molar-refractivity contribution in [1.29, 1.82) is 0 Å². The molecule has 0 heteroatoms. The van der Waals surface area contributed by atoms with E-state index in [9.17, 15) is 0 Å². The summed E-state index contributed by atoms with van der Waals surface area (Å²) in [5.74, 6) is 0. The molecule has 0 bridgehead atoms. The van der Waals surface area contributed by atoms with Crippen LogP contribution in [0.5, 0.6) is 0 Å². The fourth-order valence-electron chi connectivity index (χ4n) is 1.17. The van der Waals surface area contributed by atoms with Gasteiger partial charge in [0.1, 0.15) is 0 Å². The molecule has 0 unspecified atom stereocenters. The van der Waals surface area contributed by atoms with Gasteiger partial charge in [0.15, 0.2) is 0 Å². The van der Waals surface area contributed by atoms with Crippen molar-refractivity contribution in [2.45, 2.75) is 39.0 Å². The lowest BCUT2D eigenvalue weighted by Crippen LogP contribution is -1.64. The van der Waals surface area contributed by atoms with Crippen molar-refractivity contribution in [2.24, 2.45) is 0 Å². The summed E-state index contributed by atoms with van der Waals surface area (Å²) in [4.78, 5) is 0. The Morgan fingerprint density at radius 1 is 0.706 bits per heavy atom. The van der Waals surface area contributed by atoms with Gasteiger partial charge >= 0.3 is 0 Å². The Bertz CT molecular complexity index is 274. The van der Waals surface area contributed by atoms with Crippen LogP contribution in [-0.4, -0.2) is 0 Å². The molecule has 0 aromatic rings. The molecule has 0 heterocycles. The minimum atomic E-state index is 0.966. The monoisotopic (exact) mass is 229 g/mol. The van der Waals surface area contributed by atoms with E-state index in [-0.39, 0.29) is 0 Å². The van der Waals surface area contributed by atoms with Crippen LogP contribution in [0.1, 0.15) is 39.0 Å². The lowest BCUT2D eigenvalue weighted by molar-refractivity contribution is 0.815. The van der Waals surface area contributed by atoms with E-state index in [0.29, 0.717) is 0 Å². The van der Waals surface area contributed by atoms with E-state index in [2.05, 4.69) is 44.2 Å². The van der Waals surface area contributed by atoms with Crippen molar-refractivity contribution in [3.05, 3.63) is 67.7 Å². The third-order valence-corrected chi connectivity index (χ3v) is 2.15. The molecular weight excluding hydrogens is 204 g/mol. The number of rotatable bonds is 9. The average Bonchev–Trinajstić information content (AvgIpc) is 2.35. The van der Waals surface area contributed by atoms with Crippen LogP contribution in [0.2, 0.25) is 0 Å². The molecule has 0 N–H and O–H groups in total. The van der Waals surface area contributed by atoms with Crippen molar-refractivity contribution in [3.63, 3.8) is 0 Å². The summed E-state index contributed by atoms with van der Waals surface area (Å²) in [6, 6.07) is 0. The molecule has 93 valence electrons. The van der Waals surface area contributed by atoms with Gasteiger partial charge in [-0.1, -0.05) is 87.4 Å². The van der Waals surface area contributed by atoms with Crippen LogP contribution in [-0.2, 0) is 0 Å². The Hall–Kier alpha value is -1.30. The zero-order valence-corrected chi connectivity index (χ0v) is 11.0. The van der Waals surface area contributed by atoms with Crippen LogP contribution in [0.15, 0.2) is 60.8 Å². The third kappa shape index (κ3) is 14.7. The molecule has 0 aliphatic rings. The predicted octanol–water partition coefficient (Wildman–Crippen LogP) is 5.57. The fraction of sp³-hybridized carbons (Fsp3) is 0.353. The molecule has 0 aliphatic heterocycles. The number of allylic oxidation sites excluding steroid dienone is 10. The minimum absolute atomic E-state index is 0.966. The quantitative estimate of drug-likeness (QED) is 0.358. The summed E-state index contributed by atoms with van der Waals surface area (Å²) in [5, 5.41) is 0. The maximum absolute atomic E-state index is 3.78. The predicted molar refractivity (Wildman–Crippen MR) is 79.8 cm³/mol. The van der Waals surface area contributed by atoms with Crippen molar-refractivity contribution < 1.29 is 0 Å². The molecule has 0 rings (SSSR count). The highest BCUT2D eigenvalue weighted by molar-refractivity contribution is 5.17. The van der Waals surface area contributed by atoms with Crippen molar-refractivity contribution >= 4 is 0 Å². The van der Waals surface area contributed by atoms with Crippen LogP contribution < -0.4 is 0 Å². The summed E-state index contributed by atoms with van der Waals surface area (Å²) in [6.07, 6.45) is 26.5. The Kier molecular flexibility index (Phi) is 13.6. The van der Waals surface area contributed by atoms with E-state index in [0.717, 1.165) is 12.8 Å². The zero-order valence-electron chi connectivity index (χ0n) is 11.0. The Labute approximate surface area is 107 Å². The second kappa shape index (κ2) is 14.7. The van der Waals surface area contributed by atoms with Crippen LogP contribution in [0.3, 0.4) is 0 Å². The molecule has 0 aromatic carbocycles. The Morgan fingerprint density at radius 2 is 1.18 bits per heavy atom. The minimum Gasteiger partial charge on any atom is -0.0845 e. The molecule has 0 fully saturated rings. The maximum Gasteiger partial charge on any atom is -0.0348 e. The number of hydrogen-bond acceptors (Lipinski definition) is 0. The van der Waals surface area contributed by atoms with E-state index >= 15 is 0 Å². The van der Waals surface area contributed by atoms with Gasteiger partial charge in [-0.2, -0.15) is 0 Å². The first kappa shape index (κ1) is 15.7. The summed E-state index contributed by atoms with van der Waals surface area (Å²) in [7, 11) is 0. The summed E-state index contributed by atoms with van der Waals surface area (Å²) in [6.45, 7) is 5.99. The molecule has 0 spiro atoms.